The molecule has 2 heterocycles. The van der Waals surface area contributed by atoms with Crippen LogP contribution in [0.25, 0.3) is 0 Å². The van der Waals surface area contributed by atoms with Gasteiger partial charge < -0.3 is 4.90 Å². The van der Waals surface area contributed by atoms with Crippen molar-refractivity contribution in [3.63, 3.8) is 0 Å². The van der Waals surface area contributed by atoms with Gasteiger partial charge in [-0.2, -0.15) is 4.31 Å². The molecule has 28 heavy (non-hydrogen) atoms. The fourth-order valence-corrected chi connectivity index (χ4v) is 5.23. The van der Waals surface area contributed by atoms with Crippen LogP contribution in [0.2, 0.25) is 0 Å². The van der Waals surface area contributed by atoms with Gasteiger partial charge in [-0.1, -0.05) is 26.0 Å². The molecule has 2 aromatic rings. The van der Waals surface area contributed by atoms with E-state index in [4.69, 9.17) is 0 Å². The number of aromatic nitrogens is 1. The summed E-state index contributed by atoms with van der Waals surface area (Å²) < 4.78 is 27.2. The normalized spacial score (nSPS) is 15.8. The summed E-state index contributed by atoms with van der Waals surface area (Å²) in [7, 11) is -3.53. The van der Waals surface area contributed by atoms with Crippen molar-refractivity contribution in [3.8, 4) is 0 Å². The van der Waals surface area contributed by atoms with Gasteiger partial charge in [-0.25, -0.2) is 8.42 Å². The van der Waals surface area contributed by atoms with E-state index in [1.54, 1.807) is 29.4 Å². The molecule has 3 rings (SSSR count). The third-order valence-electron chi connectivity index (χ3n) is 4.79. The molecular formula is C20H25N3O3S2. The minimum Gasteiger partial charge on any atom is -0.339 e. The topological polar surface area (TPSA) is 70.6 Å². The number of thioether (sulfide) groups is 1. The zero-order valence-corrected chi connectivity index (χ0v) is 17.7. The van der Waals surface area contributed by atoms with Gasteiger partial charge in [0.25, 0.3) is 0 Å². The number of rotatable bonds is 6. The van der Waals surface area contributed by atoms with Gasteiger partial charge in [0.15, 0.2) is 0 Å². The summed E-state index contributed by atoms with van der Waals surface area (Å²) in [5, 5.41) is 0. The van der Waals surface area contributed by atoms with Gasteiger partial charge >= 0.3 is 0 Å². The second kappa shape index (κ2) is 9.07. The van der Waals surface area contributed by atoms with E-state index < -0.39 is 10.0 Å². The van der Waals surface area contributed by atoms with Crippen molar-refractivity contribution in [3.05, 3.63) is 54.4 Å². The first kappa shape index (κ1) is 20.8. The Morgan fingerprint density at radius 3 is 2.21 bits per heavy atom. The highest BCUT2D eigenvalue weighted by atomic mass is 32.2. The van der Waals surface area contributed by atoms with Crippen molar-refractivity contribution >= 4 is 27.7 Å². The molecule has 150 valence electrons. The lowest BCUT2D eigenvalue weighted by Crippen LogP contribution is -2.50. The summed E-state index contributed by atoms with van der Waals surface area (Å²) in [6, 6.07) is 10.8. The Labute approximate surface area is 171 Å². The van der Waals surface area contributed by atoms with Crippen LogP contribution in [-0.4, -0.2) is 60.4 Å². The summed E-state index contributed by atoms with van der Waals surface area (Å²) in [4.78, 5) is 19.4. The molecule has 1 aromatic carbocycles. The molecule has 0 atom stereocenters. The first-order valence-electron chi connectivity index (χ1n) is 9.28. The average Bonchev–Trinajstić information content (AvgIpc) is 2.73. The number of carbonyl (C=O) groups excluding carboxylic acids is 1. The standard InChI is InChI=1S/C20H25N3O3S2/c1-16(2)17-3-5-19(6-4-17)28(25,26)23-13-11-22(12-14-23)20(24)15-27-18-7-9-21-10-8-18/h3-10,16H,11-15H2,1-2H3. The number of hydrogen-bond acceptors (Lipinski definition) is 5. The first-order valence-corrected chi connectivity index (χ1v) is 11.7. The van der Waals surface area contributed by atoms with Crippen molar-refractivity contribution < 1.29 is 13.2 Å². The van der Waals surface area contributed by atoms with Gasteiger partial charge in [0, 0.05) is 43.5 Å². The smallest absolute Gasteiger partial charge is 0.243 e. The lowest BCUT2D eigenvalue weighted by Gasteiger charge is -2.34. The molecule has 0 unspecified atom stereocenters. The number of carbonyl (C=O) groups is 1. The van der Waals surface area contributed by atoms with Crippen molar-refractivity contribution in [2.24, 2.45) is 0 Å². The van der Waals surface area contributed by atoms with Crippen LogP contribution < -0.4 is 0 Å². The fraction of sp³-hybridized carbons (Fsp3) is 0.400. The maximum atomic E-state index is 12.9. The molecule has 0 radical (unpaired) electrons. The second-order valence-electron chi connectivity index (χ2n) is 6.98. The number of amides is 1. The van der Waals surface area contributed by atoms with Gasteiger partial charge in [-0.15, -0.1) is 11.8 Å². The van der Waals surface area contributed by atoms with Gasteiger partial charge in [-0.3, -0.25) is 9.78 Å². The van der Waals surface area contributed by atoms with Crippen molar-refractivity contribution in [1.29, 1.82) is 0 Å². The Kier molecular flexibility index (Phi) is 6.74. The van der Waals surface area contributed by atoms with Crippen LogP contribution in [0.15, 0.2) is 58.6 Å². The van der Waals surface area contributed by atoms with E-state index in [0.717, 1.165) is 10.5 Å². The third kappa shape index (κ3) is 4.92. The molecule has 1 saturated heterocycles. The molecule has 1 aliphatic rings. The lowest BCUT2D eigenvalue weighted by atomic mass is 10.0. The maximum Gasteiger partial charge on any atom is 0.243 e. The minimum atomic E-state index is -3.53. The lowest BCUT2D eigenvalue weighted by molar-refractivity contribution is -0.129. The van der Waals surface area contributed by atoms with Crippen LogP contribution in [0, 0.1) is 0 Å². The average molecular weight is 420 g/mol. The minimum absolute atomic E-state index is 0.0279. The molecule has 1 amide bonds. The summed E-state index contributed by atoms with van der Waals surface area (Å²) >= 11 is 1.47. The van der Waals surface area contributed by atoms with Crippen LogP contribution >= 0.6 is 11.8 Å². The summed E-state index contributed by atoms with van der Waals surface area (Å²) in [5.74, 6) is 0.726. The van der Waals surface area contributed by atoms with E-state index in [-0.39, 0.29) is 5.91 Å². The maximum absolute atomic E-state index is 12.9. The predicted molar refractivity (Wildman–Crippen MR) is 111 cm³/mol. The van der Waals surface area contributed by atoms with E-state index in [0.29, 0.717) is 42.7 Å². The number of sulfonamides is 1. The number of benzene rings is 1. The first-order chi connectivity index (χ1) is 13.4. The monoisotopic (exact) mass is 419 g/mol. The van der Waals surface area contributed by atoms with Gasteiger partial charge in [-0.05, 0) is 35.7 Å². The van der Waals surface area contributed by atoms with Crippen LogP contribution in [0.4, 0.5) is 0 Å². The molecule has 1 aliphatic heterocycles. The fourth-order valence-electron chi connectivity index (χ4n) is 3.02. The Bertz CT molecular complexity index is 892. The van der Waals surface area contributed by atoms with Crippen molar-refractivity contribution in [2.75, 3.05) is 31.9 Å². The molecule has 0 bridgehead atoms. The third-order valence-corrected chi connectivity index (χ3v) is 7.70. The highest BCUT2D eigenvalue weighted by molar-refractivity contribution is 8.00. The number of pyridine rings is 1. The molecule has 6 nitrogen and oxygen atoms in total. The molecule has 1 aromatic heterocycles. The summed E-state index contributed by atoms with van der Waals surface area (Å²) in [6.07, 6.45) is 3.40. The number of piperazine rings is 1. The Morgan fingerprint density at radius 2 is 1.64 bits per heavy atom. The number of hydrogen-bond donors (Lipinski definition) is 0. The molecule has 0 saturated carbocycles. The predicted octanol–water partition coefficient (Wildman–Crippen LogP) is 2.83. The Morgan fingerprint density at radius 1 is 1.04 bits per heavy atom. The van der Waals surface area contributed by atoms with E-state index in [9.17, 15) is 13.2 Å². The summed E-state index contributed by atoms with van der Waals surface area (Å²) in [6.45, 7) is 5.62. The second-order valence-corrected chi connectivity index (χ2v) is 9.97. The largest absolute Gasteiger partial charge is 0.339 e. The van der Waals surface area contributed by atoms with Gasteiger partial charge in [0.2, 0.25) is 15.9 Å². The Balaban J connectivity index is 1.55. The molecule has 0 N–H and O–H groups in total. The van der Waals surface area contributed by atoms with Gasteiger partial charge in [0.05, 0.1) is 10.6 Å². The van der Waals surface area contributed by atoms with E-state index in [2.05, 4.69) is 18.8 Å². The van der Waals surface area contributed by atoms with Crippen LogP contribution in [-0.2, 0) is 14.8 Å². The van der Waals surface area contributed by atoms with E-state index in [1.165, 1.54) is 16.1 Å². The quantitative estimate of drug-likeness (QED) is 0.674. The highest BCUT2D eigenvalue weighted by Gasteiger charge is 2.30. The molecular weight excluding hydrogens is 394 g/mol. The zero-order chi connectivity index (χ0) is 20.1. The summed E-state index contributed by atoms with van der Waals surface area (Å²) in [5.41, 5.74) is 1.11. The molecule has 0 spiro atoms. The van der Waals surface area contributed by atoms with Crippen LogP contribution in [0.1, 0.15) is 25.3 Å². The van der Waals surface area contributed by atoms with E-state index >= 15 is 0 Å². The molecule has 8 heteroatoms. The molecule has 1 fully saturated rings. The van der Waals surface area contributed by atoms with Crippen molar-refractivity contribution in [2.45, 2.75) is 29.6 Å². The van der Waals surface area contributed by atoms with Crippen LogP contribution in [0.5, 0.6) is 0 Å². The van der Waals surface area contributed by atoms with Gasteiger partial charge in [0.1, 0.15) is 0 Å². The van der Waals surface area contributed by atoms with Crippen molar-refractivity contribution in [1.82, 2.24) is 14.2 Å². The zero-order valence-electron chi connectivity index (χ0n) is 16.1. The van der Waals surface area contributed by atoms with E-state index in [1.807, 2.05) is 24.3 Å². The number of nitrogens with zero attached hydrogens (tertiary/aromatic N) is 3. The van der Waals surface area contributed by atoms with Crippen LogP contribution in [0.3, 0.4) is 0 Å². The Hall–Kier alpha value is -1.90. The molecule has 0 aliphatic carbocycles. The SMILES string of the molecule is CC(C)c1ccc(S(=O)(=O)N2CCN(C(=O)CSc3ccncc3)CC2)cc1. The highest BCUT2D eigenvalue weighted by Crippen LogP contribution is 2.22.